The van der Waals surface area contributed by atoms with Crippen molar-refractivity contribution >= 4 is 11.9 Å². The standard InChI is InChI=1S/C19H25NO3/c1-4-6-13-18(21)20-17(16-11-8-7-9-12-16)14-19(22)23-15(3)10-5-2/h4-5,7-9,11-12,15,17H,1-2,6,10,13-14H2,3H3,(H,20,21). The quantitative estimate of drug-likeness (QED) is 0.529. The van der Waals surface area contributed by atoms with E-state index in [-0.39, 0.29) is 24.4 Å². The van der Waals surface area contributed by atoms with Crippen LogP contribution in [0.2, 0.25) is 0 Å². The van der Waals surface area contributed by atoms with E-state index < -0.39 is 6.04 Å². The van der Waals surface area contributed by atoms with Crippen LogP contribution < -0.4 is 5.32 Å². The van der Waals surface area contributed by atoms with Crippen molar-refractivity contribution in [1.82, 2.24) is 5.32 Å². The zero-order valence-corrected chi connectivity index (χ0v) is 13.7. The monoisotopic (exact) mass is 315 g/mol. The van der Waals surface area contributed by atoms with E-state index in [1.807, 2.05) is 37.3 Å². The van der Waals surface area contributed by atoms with Crippen molar-refractivity contribution in [2.24, 2.45) is 0 Å². The number of allylic oxidation sites excluding steroid dienone is 1. The Morgan fingerprint density at radius 3 is 2.52 bits per heavy atom. The average molecular weight is 315 g/mol. The van der Waals surface area contributed by atoms with Gasteiger partial charge >= 0.3 is 5.97 Å². The van der Waals surface area contributed by atoms with Crippen LogP contribution in [0.4, 0.5) is 0 Å². The molecule has 0 bridgehead atoms. The van der Waals surface area contributed by atoms with Gasteiger partial charge in [-0.2, -0.15) is 0 Å². The number of hydrogen-bond acceptors (Lipinski definition) is 3. The SMILES string of the molecule is C=CCCC(=O)NC(CC(=O)OC(C)CC=C)c1ccccc1. The molecule has 1 rings (SSSR count). The molecule has 0 aromatic heterocycles. The molecule has 0 fully saturated rings. The van der Waals surface area contributed by atoms with Gasteiger partial charge in [0.05, 0.1) is 12.5 Å². The Kier molecular flexibility index (Phi) is 8.43. The number of ether oxygens (including phenoxy) is 1. The largest absolute Gasteiger partial charge is 0.462 e. The third-order valence-electron chi connectivity index (χ3n) is 3.31. The number of carbonyl (C=O) groups is 2. The number of hydrogen-bond donors (Lipinski definition) is 1. The molecule has 4 nitrogen and oxygen atoms in total. The van der Waals surface area contributed by atoms with E-state index in [9.17, 15) is 9.59 Å². The molecular formula is C19H25NO3. The topological polar surface area (TPSA) is 55.4 Å². The van der Waals surface area contributed by atoms with Crippen molar-refractivity contribution in [2.45, 2.75) is 44.8 Å². The maximum absolute atomic E-state index is 12.1. The summed E-state index contributed by atoms with van der Waals surface area (Å²) in [5, 5.41) is 2.90. The fourth-order valence-corrected chi connectivity index (χ4v) is 2.16. The molecule has 1 amide bonds. The molecule has 1 N–H and O–H groups in total. The van der Waals surface area contributed by atoms with E-state index in [1.54, 1.807) is 12.2 Å². The van der Waals surface area contributed by atoms with Crippen molar-refractivity contribution < 1.29 is 14.3 Å². The third kappa shape index (κ3) is 7.45. The first-order chi connectivity index (χ1) is 11.1. The number of benzene rings is 1. The molecule has 0 saturated carbocycles. The predicted octanol–water partition coefficient (Wildman–Crippen LogP) is 3.71. The van der Waals surface area contributed by atoms with Gasteiger partial charge in [-0.1, -0.05) is 42.5 Å². The van der Waals surface area contributed by atoms with Crippen LogP contribution in [0.3, 0.4) is 0 Å². The summed E-state index contributed by atoms with van der Waals surface area (Å²) in [6.45, 7) is 9.05. The van der Waals surface area contributed by atoms with Crippen molar-refractivity contribution in [1.29, 1.82) is 0 Å². The lowest BCUT2D eigenvalue weighted by Crippen LogP contribution is -2.31. The molecule has 0 saturated heterocycles. The maximum Gasteiger partial charge on any atom is 0.308 e. The zero-order valence-electron chi connectivity index (χ0n) is 13.7. The first kappa shape index (κ1) is 18.7. The second-order valence-electron chi connectivity index (χ2n) is 5.39. The first-order valence-electron chi connectivity index (χ1n) is 7.82. The highest BCUT2D eigenvalue weighted by Crippen LogP contribution is 2.18. The molecule has 23 heavy (non-hydrogen) atoms. The molecule has 1 aromatic rings. The average Bonchev–Trinajstić information content (AvgIpc) is 2.53. The number of amides is 1. The summed E-state index contributed by atoms with van der Waals surface area (Å²) < 4.78 is 5.33. The Labute approximate surface area is 138 Å². The Balaban J connectivity index is 2.71. The van der Waals surface area contributed by atoms with Gasteiger partial charge in [-0.05, 0) is 18.9 Å². The van der Waals surface area contributed by atoms with Gasteiger partial charge in [0.1, 0.15) is 6.10 Å². The Morgan fingerprint density at radius 1 is 1.22 bits per heavy atom. The summed E-state index contributed by atoms with van der Waals surface area (Å²) in [7, 11) is 0. The van der Waals surface area contributed by atoms with E-state index >= 15 is 0 Å². The molecule has 0 aliphatic rings. The third-order valence-corrected chi connectivity index (χ3v) is 3.31. The molecule has 124 valence electrons. The molecule has 1 aromatic carbocycles. The number of carbonyl (C=O) groups excluding carboxylic acids is 2. The molecule has 4 heteroatoms. The van der Waals surface area contributed by atoms with Crippen molar-refractivity contribution in [2.75, 3.05) is 0 Å². The van der Waals surface area contributed by atoms with Crippen LogP contribution in [0.1, 0.15) is 44.2 Å². The van der Waals surface area contributed by atoms with E-state index in [0.29, 0.717) is 19.3 Å². The van der Waals surface area contributed by atoms with Gasteiger partial charge in [0.2, 0.25) is 5.91 Å². The summed E-state index contributed by atoms with van der Waals surface area (Å²) in [6.07, 6.45) is 4.86. The minimum Gasteiger partial charge on any atom is -0.462 e. The molecule has 0 heterocycles. The van der Waals surface area contributed by atoms with Crippen molar-refractivity contribution in [3.63, 3.8) is 0 Å². The Morgan fingerprint density at radius 2 is 1.91 bits per heavy atom. The van der Waals surface area contributed by atoms with E-state index in [0.717, 1.165) is 5.56 Å². The predicted molar refractivity (Wildman–Crippen MR) is 91.7 cm³/mol. The second-order valence-corrected chi connectivity index (χ2v) is 5.39. The van der Waals surface area contributed by atoms with Gasteiger partial charge in [0, 0.05) is 12.8 Å². The zero-order chi connectivity index (χ0) is 17.1. The molecule has 0 radical (unpaired) electrons. The number of esters is 1. The van der Waals surface area contributed by atoms with Crippen LogP contribution in [0, 0.1) is 0 Å². The van der Waals surface area contributed by atoms with Crippen LogP contribution in [-0.2, 0) is 14.3 Å². The van der Waals surface area contributed by atoms with Crippen LogP contribution >= 0.6 is 0 Å². The number of nitrogens with one attached hydrogen (secondary N) is 1. The first-order valence-corrected chi connectivity index (χ1v) is 7.82. The number of rotatable bonds is 10. The highest BCUT2D eigenvalue weighted by atomic mass is 16.5. The fourth-order valence-electron chi connectivity index (χ4n) is 2.16. The molecule has 0 aliphatic heterocycles. The highest BCUT2D eigenvalue weighted by Gasteiger charge is 2.20. The summed E-state index contributed by atoms with van der Waals surface area (Å²) in [5.41, 5.74) is 0.882. The van der Waals surface area contributed by atoms with Crippen LogP contribution in [-0.4, -0.2) is 18.0 Å². The van der Waals surface area contributed by atoms with Gasteiger partial charge in [-0.15, -0.1) is 13.2 Å². The molecule has 0 spiro atoms. The molecule has 2 atom stereocenters. The summed E-state index contributed by atoms with van der Waals surface area (Å²) in [6, 6.07) is 9.04. The second kappa shape index (κ2) is 10.4. The van der Waals surface area contributed by atoms with Gasteiger partial charge in [0.25, 0.3) is 0 Å². The lowest BCUT2D eigenvalue weighted by atomic mass is 10.0. The van der Waals surface area contributed by atoms with Gasteiger partial charge in [-0.3, -0.25) is 9.59 Å². The normalized spacial score (nSPS) is 12.7. The van der Waals surface area contributed by atoms with Gasteiger partial charge in [-0.25, -0.2) is 0 Å². The van der Waals surface area contributed by atoms with Crippen molar-refractivity contribution in [3.8, 4) is 0 Å². The highest BCUT2D eigenvalue weighted by molar-refractivity contribution is 5.78. The smallest absolute Gasteiger partial charge is 0.308 e. The van der Waals surface area contributed by atoms with Crippen LogP contribution in [0.5, 0.6) is 0 Å². The van der Waals surface area contributed by atoms with E-state index in [4.69, 9.17) is 4.74 Å². The fraction of sp³-hybridized carbons (Fsp3) is 0.368. The Hall–Kier alpha value is -2.36. The van der Waals surface area contributed by atoms with Crippen LogP contribution in [0.25, 0.3) is 0 Å². The summed E-state index contributed by atoms with van der Waals surface area (Å²) in [4.78, 5) is 24.1. The summed E-state index contributed by atoms with van der Waals surface area (Å²) in [5.74, 6) is -0.442. The lowest BCUT2D eigenvalue weighted by Gasteiger charge is -2.20. The molecular weight excluding hydrogens is 290 g/mol. The van der Waals surface area contributed by atoms with E-state index in [1.165, 1.54) is 0 Å². The lowest BCUT2D eigenvalue weighted by molar-refractivity contribution is -0.148. The Bertz CT molecular complexity index is 525. The molecule has 0 aliphatic carbocycles. The maximum atomic E-state index is 12.1. The van der Waals surface area contributed by atoms with E-state index in [2.05, 4.69) is 18.5 Å². The minimum absolute atomic E-state index is 0.103. The van der Waals surface area contributed by atoms with Gasteiger partial charge in [0.15, 0.2) is 0 Å². The minimum atomic E-state index is -0.392. The molecule has 2 unspecified atom stereocenters. The summed E-state index contributed by atoms with van der Waals surface area (Å²) >= 11 is 0. The van der Waals surface area contributed by atoms with Gasteiger partial charge < -0.3 is 10.1 Å². The van der Waals surface area contributed by atoms with Crippen LogP contribution in [0.15, 0.2) is 55.6 Å². The van der Waals surface area contributed by atoms with Crippen molar-refractivity contribution in [3.05, 3.63) is 61.2 Å².